The van der Waals surface area contributed by atoms with Gasteiger partial charge in [-0.3, -0.25) is 0 Å². The van der Waals surface area contributed by atoms with Gasteiger partial charge >= 0.3 is 0 Å². The minimum absolute atomic E-state index is 0.259. The van der Waals surface area contributed by atoms with Gasteiger partial charge in [0.25, 0.3) is 0 Å². The summed E-state index contributed by atoms with van der Waals surface area (Å²) in [6.07, 6.45) is 1.22. The minimum atomic E-state index is -0.339. The van der Waals surface area contributed by atoms with Crippen LogP contribution in [0.25, 0.3) is 0 Å². The summed E-state index contributed by atoms with van der Waals surface area (Å²) in [6, 6.07) is 0. The van der Waals surface area contributed by atoms with Gasteiger partial charge in [0, 0.05) is 5.92 Å². The Labute approximate surface area is 65.5 Å². The summed E-state index contributed by atoms with van der Waals surface area (Å²) >= 11 is 0. The molecule has 0 spiro atoms. The van der Waals surface area contributed by atoms with Crippen molar-refractivity contribution in [3.63, 3.8) is 0 Å². The summed E-state index contributed by atoms with van der Waals surface area (Å²) in [4.78, 5) is 7.84. The quantitative estimate of drug-likeness (QED) is 0.618. The number of hydrogen-bond acceptors (Lipinski definition) is 2. The van der Waals surface area contributed by atoms with Crippen molar-refractivity contribution in [1.29, 1.82) is 0 Å². The Kier molecular flexibility index (Phi) is 2.17. The van der Waals surface area contributed by atoms with Gasteiger partial charge in [-0.05, 0) is 6.92 Å². The van der Waals surface area contributed by atoms with Gasteiger partial charge < -0.3 is 0 Å². The van der Waals surface area contributed by atoms with Gasteiger partial charge in [-0.25, -0.2) is 14.4 Å². The third-order valence-electron chi connectivity index (χ3n) is 1.45. The molecular formula is C8H11FN2. The zero-order valence-electron chi connectivity index (χ0n) is 6.93. The highest BCUT2D eigenvalue weighted by molar-refractivity contribution is 5.04. The van der Waals surface area contributed by atoms with Gasteiger partial charge in [-0.2, -0.15) is 0 Å². The van der Waals surface area contributed by atoms with Gasteiger partial charge in [0.2, 0.25) is 0 Å². The zero-order chi connectivity index (χ0) is 8.43. The van der Waals surface area contributed by atoms with E-state index >= 15 is 0 Å². The molecule has 1 heterocycles. The molecule has 0 saturated heterocycles. The fourth-order valence-electron chi connectivity index (χ4n) is 0.748. The van der Waals surface area contributed by atoms with E-state index < -0.39 is 0 Å². The van der Waals surface area contributed by atoms with E-state index in [0.29, 0.717) is 11.5 Å². The lowest BCUT2D eigenvalue weighted by atomic mass is 10.2. The second kappa shape index (κ2) is 2.95. The van der Waals surface area contributed by atoms with E-state index in [4.69, 9.17) is 0 Å². The minimum Gasteiger partial charge on any atom is -0.238 e. The van der Waals surface area contributed by atoms with Crippen LogP contribution in [0.15, 0.2) is 6.20 Å². The molecule has 60 valence electrons. The Morgan fingerprint density at radius 1 is 1.45 bits per heavy atom. The van der Waals surface area contributed by atoms with E-state index in [1.54, 1.807) is 6.92 Å². The van der Waals surface area contributed by atoms with Crippen molar-refractivity contribution in [2.45, 2.75) is 26.7 Å². The first-order valence-electron chi connectivity index (χ1n) is 3.60. The SMILES string of the molecule is Cc1nc(C(C)C)ncc1F. The van der Waals surface area contributed by atoms with Crippen LogP contribution in [0.3, 0.4) is 0 Å². The van der Waals surface area contributed by atoms with E-state index in [1.165, 1.54) is 6.20 Å². The van der Waals surface area contributed by atoms with Gasteiger partial charge in [-0.1, -0.05) is 13.8 Å². The van der Waals surface area contributed by atoms with E-state index in [9.17, 15) is 4.39 Å². The Morgan fingerprint density at radius 3 is 2.55 bits per heavy atom. The lowest BCUT2D eigenvalue weighted by Crippen LogP contribution is -2.00. The standard InChI is InChI=1S/C8H11FN2/c1-5(2)8-10-4-7(9)6(3)11-8/h4-5H,1-3H3. The summed E-state index contributed by atoms with van der Waals surface area (Å²) in [6.45, 7) is 5.60. The molecule has 0 unspecified atom stereocenters. The number of nitrogens with zero attached hydrogens (tertiary/aromatic N) is 2. The van der Waals surface area contributed by atoms with Gasteiger partial charge in [-0.15, -0.1) is 0 Å². The Morgan fingerprint density at radius 2 is 2.09 bits per heavy atom. The molecule has 3 heteroatoms. The predicted octanol–water partition coefficient (Wildman–Crippen LogP) is 2.05. The average molecular weight is 154 g/mol. The smallest absolute Gasteiger partial charge is 0.162 e. The van der Waals surface area contributed by atoms with Crippen LogP contribution in [0.2, 0.25) is 0 Å². The second-order valence-electron chi connectivity index (χ2n) is 2.82. The maximum atomic E-state index is 12.6. The molecule has 11 heavy (non-hydrogen) atoms. The molecule has 1 aromatic heterocycles. The Bertz CT molecular complexity index is 258. The number of aromatic nitrogens is 2. The number of rotatable bonds is 1. The first kappa shape index (κ1) is 8.11. The molecule has 0 N–H and O–H groups in total. The fourth-order valence-corrected chi connectivity index (χ4v) is 0.748. The predicted molar refractivity (Wildman–Crippen MR) is 40.8 cm³/mol. The number of hydrogen-bond donors (Lipinski definition) is 0. The van der Waals surface area contributed by atoms with E-state index in [-0.39, 0.29) is 11.7 Å². The molecule has 0 aliphatic rings. The van der Waals surface area contributed by atoms with Crippen LogP contribution in [0, 0.1) is 12.7 Å². The van der Waals surface area contributed by atoms with Crippen LogP contribution in [0.5, 0.6) is 0 Å². The van der Waals surface area contributed by atoms with Crippen molar-refractivity contribution < 1.29 is 4.39 Å². The maximum Gasteiger partial charge on any atom is 0.162 e. The summed E-state index contributed by atoms with van der Waals surface area (Å²) in [5, 5.41) is 0. The van der Waals surface area contributed by atoms with Crippen molar-refractivity contribution in [3.05, 3.63) is 23.5 Å². The number of halogens is 1. The van der Waals surface area contributed by atoms with E-state index in [1.807, 2.05) is 13.8 Å². The molecule has 0 amide bonds. The van der Waals surface area contributed by atoms with Gasteiger partial charge in [0.05, 0.1) is 11.9 Å². The van der Waals surface area contributed by atoms with Crippen LogP contribution in [0.1, 0.15) is 31.3 Å². The molecule has 0 atom stereocenters. The van der Waals surface area contributed by atoms with Crippen LogP contribution in [-0.4, -0.2) is 9.97 Å². The largest absolute Gasteiger partial charge is 0.238 e. The summed E-state index contributed by atoms with van der Waals surface area (Å²) in [5.74, 6) is 0.618. The van der Waals surface area contributed by atoms with Crippen molar-refractivity contribution in [2.75, 3.05) is 0 Å². The Hall–Kier alpha value is -0.990. The van der Waals surface area contributed by atoms with E-state index in [0.717, 1.165) is 0 Å². The normalized spacial score (nSPS) is 10.6. The van der Waals surface area contributed by atoms with Crippen LogP contribution < -0.4 is 0 Å². The molecule has 1 aromatic rings. The molecule has 0 aliphatic heterocycles. The molecular weight excluding hydrogens is 143 g/mol. The maximum absolute atomic E-state index is 12.6. The summed E-state index contributed by atoms with van der Waals surface area (Å²) < 4.78 is 12.6. The highest BCUT2D eigenvalue weighted by Crippen LogP contribution is 2.09. The van der Waals surface area contributed by atoms with Crippen LogP contribution in [-0.2, 0) is 0 Å². The van der Waals surface area contributed by atoms with Crippen molar-refractivity contribution in [1.82, 2.24) is 9.97 Å². The van der Waals surface area contributed by atoms with Gasteiger partial charge in [0.1, 0.15) is 5.82 Å². The molecule has 0 aromatic carbocycles. The molecule has 0 saturated carbocycles. The monoisotopic (exact) mass is 154 g/mol. The topological polar surface area (TPSA) is 25.8 Å². The molecule has 2 nitrogen and oxygen atoms in total. The highest BCUT2D eigenvalue weighted by atomic mass is 19.1. The molecule has 0 radical (unpaired) electrons. The number of aryl methyl sites for hydroxylation is 1. The van der Waals surface area contributed by atoms with Crippen molar-refractivity contribution in [2.24, 2.45) is 0 Å². The first-order chi connectivity index (χ1) is 5.11. The van der Waals surface area contributed by atoms with Crippen LogP contribution in [0.4, 0.5) is 4.39 Å². The van der Waals surface area contributed by atoms with Crippen LogP contribution >= 0.6 is 0 Å². The van der Waals surface area contributed by atoms with Crippen molar-refractivity contribution >= 4 is 0 Å². The lowest BCUT2D eigenvalue weighted by Gasteiger charge is -2.03. The summed E-state index contributed by atoms with van der Waals surface area (Å²) in [7, 11) is 0. The fraction of sp³-hybridized carbons (Fsp3) is 0.500. The highest BCUT2D eigenvalue weighted by Gasteiger charge is 2.04. The molecule has 0 aliphatic carbocycles. The first-order valence-corrected chi connectivity index (χ1v) is 3.60. The zero-order valence-corrected chi connectivity index (χ0v) is 6.93. The van der Waals surface area contributed by atoms with Crippen molar-refractivity contribution in [3.8, 4) is 0 Å². The molecule has 0 fully saturated rings. The lowest BCUT2D eigenvalue weighted by molar-refractivity contribution is 0.591. The third kappa shape index (κ3) is 1.73. The van der Waals surface area contributed by atoms with Gasteiger partial charge in [0.15, 0.2) is 5.82 Å². The van der Waals surface area contributed by atoms with E-state index in [2.05, 4.69) is 9.97 Å². The molecule has 1 rings (SSSR count). The second-order valence-corrected chi connectivity index (χ2v) is 2.82. The summed E-state index contributed by atoms with van der Waals surface area (Å²) in [5.41, 5.74) is 0.420. The Balaban J connectivity index is 3.05. The average Bonchev–Trinajstić information content (AvgIpc) is 1.94. The third-order valence-corrected chi connectivity index (χ3v) is 1.45. The molecule has 0 bridgehead atoms.